The van der Waals surface area contributed by atoms with Gasteiger partial charge in [-0.1, -0.05) is 38.5 Å². The van der Waals surface area contributed by atoms with Crippen LogP contribution in [0.3, 0.4) is 0 Å². The van der Waals surface area contributed by atoms with Crippen LogP contribution in [0.15, 0.2) is 18.2 Å². The van der Waals surface area contributed by atoms with Crippen LogP contribution in [-0.2, 0) is 12.8 Å². The molecule has 0 bridgehead atoms. The number of aryl methyl sites for hydroxylation is 2. The maximum absolute atomic E-state index is 2.26. The Balaban J connectivity index is 2.72. The molecule has 0 nitrogen and oxygen atoms in total. The van der Waals surface area contributed by atoms with E-state index in [1.54, 1.807) is 5.56 Å². The highest BCUT2D eigenvalue weighted by Gasteiger charge is 2.02. The molecular weight excluding hydrogens is 168 g/mol. The summed E-state index contributed by atoms with van der Waals surface area (Å²) in [5.74, 6) is 0. The maximum Gasteiger partial charge on any atom is -0.0273 e. The second-order valence-electron chi connectivity index (χ2n) is 3.87. The maximum atomic E-state index is 2.26. The Labute approximate surface area is 88.4 Å². The van der Waals surface area contributed by atoms with Crippen molar-refractivity contribution in [2.24, 2.45) is 0 Å². The summed E-state index contributed by atoms with van der Waals surface area (Å²) in [6.45, 7) is 6.60. The fraction of sp³-hybridized carbons (Fsp3) is 0.500. The average Bonchev–Trinajstić information content (AvgIpc) is 2.20. The Kier molecular flexibility index (Phi) is 4.72. The third-order valence-electron chi connectivity index (χ3n) is 2.81. The standard InChI is InChI=1S/C14H21/c1-4-6-7-11-14-12(3)9-8-10-13(14)5-2/h4,8-10H,5-7,11H2,1-3H3. The molecule has 0 saturated heterocycles. The fourth-order valence-electron chi connectivity index (χ4n) is 1.93. The van der Waals surface area contributed by atoms with Crippen molar-refractivity contribution in [1.29, 1.82) is 0 Å². The quantitative estimate of drug-likeness (QED) is 0.612. The number of unbranched alkanes of at least 4 members (excludes halogenated alkanes) is 2. The van der Waals surface area contributed by atoms with E-state index in [1.165, 1.54) is 30.4 Å². The first-order chi connectivity index (χ1) is 6.79. The Morgan fingerprint density at radius 3 is 2.71 bits per heavy atom. The fourth-order valence-corrected chi connectivity index (χ4v) is 1.93. The summed E-state index contributed by atoms with van der Waals surface area (Å²) in [5, 5.41) is 0. The molecule has 77 valence electrons. The average molecular weight is 189 g/mol. The van der Waals surface area contributed by atoms with Gasteiger partial charge in [-0.2, -0.15) is 0 Å². The van der Waals surface area contributed by atoms with Crippen LogP contribution in [0.1, 0.15) is 43.4 Å². The molecule has 0 saturated carbocycles. The third kappa shape index (κ3) is 2.87. The lowest BCUT2D eigenvalue weighted by atomic mass is 9.95. The molecule has 1 aromatic carbocycles. The van der Waals surface area contributed by atoms with E-state index in [1.807, 2.05) is 0 Å². The summed E-state index contributed by atoms with van der Waals surface area (Å²) in [6.07, 6.45) is 7.17. The molecule has 0 fully saturated rings. The van der Waals surface area contributed by atoms with Gasteiger partial charge < -0.3 is 0 Å². The second-order valence-corrected chi connectivity index (χ2v) is 3.87. The molecule has 0 aliphatic heterocycles. The highest BCUT2D eigenvalue weighted by Crippen LogP contribution is 2.17. The minimum Gasteiger partial charge on any atom is -0.0623 e. The predicted octanol–water partition coefficient (Wildman–Crippen LogP) is 4.10. The topological polar surface area (TPSA) is 0 Å². The zero-order valence-electron chi connectivity index (χ0n) is 9.64. The Morgan fingerprint density at radius 1 is 1.29 bits per heavy atom. The van der Waals surface area contributed by atoms with Crippen molar-refractivity contribution in [3.05, 3.63) is 41.3 Å². The molecule has 0 spiro atoms. The van der Waals surface area contributed by atoms with Gasteiger partial charge in [0.25, 0.3) is 0 Å². The molecule has 0 heteroatoms. The van der Waals surface area contributed by atoms with E-state index >= 15 is 0 Å². The molecule has 0 aliphatic carbocycles. The van der Waals surface area contributed by atoms with Crippen LogP contribution in [0.5, 0.6) is 0 Å². The first-order valence-electron chi connectivity index (χ1n) is 5.64. The summed E-state index contributed by atoms with van der Waals surface area (Å²) >= 11 is 0. The molecule has 0 aliphatic rings. The second kappa shape index (κ2) is 5.85. The van der Waals surface area contributed by atoms with Crippen LogP contribution in [0.2, 0.25) is 0 Å². The van der Waals surface area contributed by atoms with Crippen LogP contribution >= 0.6 is 0 Å². The zero-order valence-corrected chi connectivity index (χ0v) is 9.64. The lowest BCUT2D eigenvalue weighted by Gasteiger charge is -2.10. The van der Waals surface area contributed by atoms with Crippen LogP contribution in [-0.4, -0.2) is 0 Å². The number of benzene rings is 1. The lowest BCUT2D eigenvalue weighted by Crippen LogP contribution is -1.96. The Hall–Kier alpha value is -0.780. The molecular formula is C14H21. The van der Waals surface area contributed by atoms with Gasteiger partial charge in [0, 0.05) is 0 Å². The molecule has 0 N–H and O–H groups in total. The molecule has 1 aromatic rings. The highest BCUT2D eigenvalue weighted by atomic mass is 14.1. The smallest absolute Gasteiger partial charge is 0.0273 e. The minimum atomic E-state index is 1.16. The summed E-state index contributed by atoms with van der Waals surface area (Å²) < 4.78 is 0. The molecule has 0 unspecified atom stereocenters. The molecule has 1 rings (SSSR count). The molecule has 0 heterocycles. The van der Waals surface area contributed by atoms with Crippen LogP contribution in [0.4, 0.5) is 0 Å². The van der Waals surface area contributed by atoms with Gasteiger partial charge in [0.2, 0.25) is 0 Å². The van der Waals surface area contributed by atoms with Crippen LogP contribution in [0.25, 0.3) is 0 Å². The van der Waals surface area contributed by atoms with Crippen LogP contribution < -0.4 is 0 Å². The summed E-state index contributed by atoms with van der Waals surface area (Å²) in [5.41, 5.74) is 4.57. The molecule has 0 amide bonds. The van der Waals surface area contributed by atoms with Gasteiger partial charge >= 0.3 is 0 Å². The van der Waals surface area contributed by atoms with E-state index in [0.29, 0.717) is 0 Å². The van der Waals surface area contributed by atoms with Crippen molar-refractivity contribution in [2.45, 2.75) is 46.5 Å². The highest BCUT2D eigenvalue weighted by molar-refractivity contribution is 5.34. The van der Waals surface area contributed by atoms with Crippen molar-refractivity contribution < 1.29 is 0 Å². The van der Waals surface area contributed by atoms with Crippen molar-refractivity contribution in [3.63, 3.8) is 0 Å². The van der Waals surface area contributed by atoms with Gasteiger partial charge in [-0.15, -0.1) is 0 Å². The Bertz CT molecular complexity index is 273. The van der Waals surface area contributed by atoms with E-state index in [0.717, 1.165) is 6.42 Å². The van der Waals surface area contributed by atoms with Crippen molar-refractivity contribution in [3.8, 4) is 0 Å². The van der Waals surface area contributed by atoms with E-state index in [9.17, 15) is 0 Å². The van der Waals surface area contributed by atoms with E-state index in [2.05, 4.69) is 45.4 Å². The molecule has 0 atom stereocenters. The van der Waals surface area contributed by atoms with E-state index in [-0.39, 0.29) is 0 Å². The first kappa shape index (κ1) is 11.3. The SMILES string of the molecule is C[CH]CCCc1c(C)cccc1CC. The molecule has 0 aromatic heterocycles. The molecule has 14 heavy (non-hydrogen) atoms. The van der Waals surface area contributed by atoms with Gasteiger partial charge in [-0.05, 0) is 49.3 Å². The summed E-state index contributed by atoms with van der Waals surface area (Å²) in [7, 11) is 0. The van der Waals surface area contributed by atoms with Crippen molar-refractivity contribution in [2.75, 3.05) is 0 Å². The van der Waals surface area contributed by atoms with Crippen molar-refractivity contribution in [1.82, 2.24) is 0 Å². The molecule has 1 radical (unpaired) electrons. The largest absolute Gasteiger partial charge is 0.0623 e. The number of rotatable bonds is 5. The normalized spacial score (nSPS) is 10.5. The van der Waals surface area contributed by atoms with E-state index in [4.69, 9.17) is 0 Å². The number of hydrogen-bond acceptors (Lipinski definition) is 0. The van der Waals surface area contributed by atoms with Gasteiger partial charge in [-0.3, -0.25) is 0 Å². The monoisotopic (exact) mass is 189 g/mol. The third-order valence-corrected chi connectivity index (χ3v) is 2.81. The predicted molar refractivity (Wildman–Crippen MR) is 63.5 cm³/mol. The Morgan fingerprint density at radius 2 is 2.07 bits per heavy atom. The number of hydrogen-bond donors (Lipinski definition) is 0. The van der Waals surface area contributed by atoms with Gasteiger partial charge in [0.15, 0.2) is 0 Å². The lowest BCUT2D eigenvalue weighted by molar-refractivity contribution is 0.794. The first-order valence-corrected chi connectivity index (χ1v) is 5.64. The minimum absolute atomic E-state index is 1.16. The summed E-state index contributed by atoms with van der Waals surface area (Å²) in [6, 6.07) is 6.66. The van der Waals surface area contributed by atoms with E-state index < -0.39 is 0 Å². The van der Waals surface area contributed by atoms with Crippen molar-refractivity contribution >= 4 is 0 Å². The van der Waals surface area contributed by atoms with Crippen LogP contribution in [0, 0.1) is 13.3 Å². The zero-order chi connectivity index (χ0) is 10.4. The van der Waals surface area contributed by atoms with Gasteiger partial charge in [0.1, 0.15) is 0 Å². The van der Waals surface area contributed by atoms with Gasteiger partial charge in [-0.25, -0.2) is 0 Å². The summed E-state index contributed by atoms with van der Waals surface area (Å²) in [4.78, 5) is 0. The van der Waals surface area contributed by atoms with Gasteiger partial charge in [0.05, 0.1) is 0 Å².